The maximum atomic E-state index is 11.3. The van der Waals surface area contributed by atoms with E-state index in [4.69, 9.17) is 4.74 Å². The number of aliphatic hydroxyl groups is 1. The number of anilines is 2. The van der Waals surface area contributed by atoms with Gasteiger partial charge in [-0.2, -0.15) is 0 Å². The van der Waals surface area contributed by atoms with Crippen LogP contribution >= 0.6 is 0 Å². The highest BCUT2D eigenvalue weighted by atomic mass is 16.5. The van der Waals surface area contributed by atoms with E-state index >= 15 is 0 Å². The number of aliphatic hydroxyl groups excluding tert-OH is 1. The van der Waals surface area contributed by atoms with Gasteiger partial charge in [-0.15, -0.1) is 0 Å². The van der Waals surface area contributed by atoms with E-state index in [1.165, 1.54) is 11.3 Å². The van der Waals surface area contributed by atoms with Gasteiger partial charge in [-0.05, 0) is 140 Å². The Bertz CT molecular complexity index is 1240. The van der Waals surface area contributed by atoms with Gasteiger partial charge in [-0.25, -0.2) is 0 Å². The summed E-state index contributed by atoms with van der Waals surface area (Å²) in [7, 11) is 6.13. The molecule has 41 heavy (non-hydrogen) atoms. The molecule has 0 saturated heterocycles. The van der Waals surface area contributed by atoms with Gasteiger partial charge in [-0.3, -0.25) is 4.90 Å². The first-order valence-corrected chi connectivity index (χ1v) is 15.2. The van der Waals surface area contributed by atoms with Crippen LogP contribution in [0.1, 0.15) is 57.7 Å². The van der Waals surface area contributed by atoms with E-state index < -0.39 is 6.23 Å². The van der Waals surface area contributed by atoms with Gasteiger partial charge in [0, 0.05) is 55.7 Å². The molecule has 0 aromatic heterocycles. The van der Waals surface area contributed by atoms with Crippen molar-refractivity contribution < 1.29 is 9.84 Å². The van der Waals surface area contributed by atoms with Gasteiger partial charge in [0.25, 0.3) is 0 Å². The lowest BCUT2D eigenvalue weighted by atomic mass is 9.96. The van der Waals surface area contributed by atoms with Crippen LogP contribution in [0.3, 0.4) is 0 Å². The molecule has 1 N–H and O–H groups in total. The van der Waals surface area contributed by atoms with E-state index in [-0.39, 0.29) is 0 Å². The summed E-state index contributed by atoms with van der Waals surface area (Å²) in [6, 6.07) is 13.1. The number of hydrogen-bond acceptors (Lipinski definition) is 6. The van der Waals surface area contributed by atoms with Crippen LogP contribution in [-0.2, 0) is 0 Å². The fourth-order valence-corrected chi connectivity index (χ4v) is 5.41. The molecule has 0 fully saturated rings. The Hall–Kier alpha value is -3.06. The Kier molecular flexibility index (Phi) is 12.1. The lowest BCUT2D eigenvalue weighted by Gasteiger charge is -2.26. The summed E-state index contributed by atoms with van der Waals surface area (Å²) < 4.78 is 6.51. The molecule has 0 radical (unpaired) electrons. The Labute approximate surface area is 249 Å². The van der Waals surface area contributed by atoms with Gasteiger partial charge >= 0.3 is 0 Å². The molecule has 1 heterocycles. The Morgan fingerprint density at radius 1 is 0.854 bits per heavy atom. The van der Waals surface area contributed by atoms with Crippen molar-refractivity contribution in [3.63, 3.8) is 0 Å². The monoisotopic (exact) mass is 560 g/mol. The zero-order valence-electron chi connectivity index (χ0n) is 26.9. The van der Waals surface area contributed by atoms with Crippen LogP contribution in [-0.4, -0.2) is 81.5 Å². The zero-order valence-corrected chi connectivity index (χ0v) is 26.9. The Morgan fingerprint density at radius 2 is 1.46 bits per heavy atom. The molecule has 0 spiro atoms. The van der Waals surface area contributed by atoms with Gasteiger partial charge in [-0.1, -0.05) is 6.07 Å². The smallest absolute Gasteiger partial charge is 0.136 e. The summed E-state index contributed by atoms with van der Waals surface area (Å²) >= 11 is 0. The standard InChI is InChI=1S/C35H52N4O2/c1-10-38(11-2)29-15-17-32(26(5)21-29)28(24-35(40)37(9)20-14-19-36(7)8)23-31-22-27(6)33-18-16-30(25-34(33)41-31)39(12-3)13-4/h15-18,21-25,35,40H,10-14,19-20H2,1-9H3/b28-24-,31-23-. The maximum absolute atomic E-state index is 11.3. The molecule has 0 bridgehead atoms. The summed E-state index contributed by atoms with van der Waals surface area (Å²) in [5, 5.41) is 11.3. The van der Waals surface area contributed by atoms with Crippen LogP contribution in [0.25, 0.3) is 11.1 Å². The molecule has 1 atom stereocenters. The second-order valence-corrected chi connectivity index (χ2v) is 11.2. The van der Waals surface area contributed by atoms with Gasteiger partial charge in [0.1, 0.15) is 17.7 Å². The molecule has 0 aliphatic carbocycles. The summed E-state index contributed by atoms with van der Waals surface area (Å²) in [6.45, 7) is 18.6. The molecule has 1 unspecified atom stereocenters. The van der Waals surface area contributed by atoms with Crippen molar-refractivity contribution in [2.75, 3.05) is 70.2 Å². The minimum absolute atomic E-state index is 0.721. The highest BCUT2D eigenvalue weighted by Gasteiger charge is 2.19. The second kappa shape index (κ2) is 15.2. The van der Waals surface area contributed by atoms with Crippen molar-refractivity contribution in [2.45, 2.75) is 54.2 Å². The number of rotatable bonds is 14. The van der Waals surface area contributed by atoms with Gasteiger partial charge in [0.2, 0.25) is 0 Å². The molecule has 6 heteroatoms. The number of aryl methyl sites for hydroxylation is 1. The fraction of sp³-hybridized carbons (Fsp3) is 0.486. The molecule has 224 valence electrons. The summed E-state index contributed by atoms with van der Waals surface area (Å²) in [4.78, 5) is 8.85. The maximum Gasteiger partial charge on any atom is 0.136 e. The van der Waals surface area contributed by atoms with Gasteiger partial charge in [0.15, 0.2) is 0 Å². The molecule has 1 aliphatic rings. The molecule has 0 amide bonds. The molecular weight excluding hydrogens is 508 g/mol. The molecule has 3 rings (SSSR count). The first-order valence-electron chi connectivity index (χ1n) is 15.2. The number of nitrogens with zero attached hydrogens (tertiary/aromatic N) is 4. The number of likely N-dealkylation sites (N-methyl/N-ethyl adjacent to an activating group) is 1. The van der Waals surface area contributed by atoms with Crippen molar-refractivity contribution in [1.82, 2.24) is 9.80 Å². The lowest BCUT2D eigenvalue weighted by molar-refractivity contribution is 0.0611. The van der Waals surface area contributed by atoms with E-state index in [1.54, 1.807) is 0 Å². The predicted molar refractivity (Wildman–Crippen MR) is 177 cm³/mol. The van der Waals surface area contributed by atoms with Crippen molar-refractivity contribution in [2.24, 2.45) is 0 Å². The van der Waals surface area contributed by atoms with Crippen molar-refractivity contribution in [1.29, 1.82) is 0 Å². The average Bonchev–Trinajstić information content (AvgIpc) is 2.93. The zero-order chi connectivity index (χ0) is 30.1. The van der Waals surface area contributed by atoms with Gasteiger partial charge < -0.3 is 24.5 Å². The predicted octanol–water partition coefficient (Wildman–Crippen LogP) is 6.65. The fourth-order valence-electron chi connectivity index (χ4n) is 5.41. The van der Waals surface area contributed by atoms with Crippen LogP contribution in [0.2, 0.25) is 0 Å². The van der Waals surface area contributed by atoms with Gasteiger partial charge in [0.05, 0.1) is 0 Å². The lowest BCUT2D eigenvalue weighted by Crippen LogP contribution is -2.32. The van der Waals surface area contributed by atoms with Crippen molar-refractivity contribution in [3.8, 4) is 5.75 Å². The third-order valence-electron chi connectivity index (χ3n) is 7.95. The van der Waals surface area contributed by atoms with Crippen LogP contribution < -0.4 is 14.5 Å². The topological polar surface area (TPSA) is 42.4 Å². The van der Waals surface area contributed by atoms with Crippen LogP contribution in [0.4, 0.5) is 11.4 Å². The quantitative estimate of drug-likeness (QED) is 0.261. The third kappa shape index (κ3) is 8.48. The minimum atomic E-state index is -0.721. The number of ether oxygens (including phenoxy) is 1. The SMILES string of the molecule is CCN(CC)c1ccc(C(/C=C2/C=C(C)c3ccc(N(CC)CC)cc3O2)=C\C(O)N(C)CCCN(C)C)c(C)c1. The minimum Gasteiger partial charge on any atom is -0.457 e. The number of allylic oxidation sites excluding steroid dienone is 4. The highest BCUT2D eigenvalue weighted by Crippen LogP contribution is 2.37. The van der Waals surface area contributed by atoms with Crippen molar-refractivity contribution >= 4 is 22.5 Å². The average molecular weight is 561 g/mol. The molecule has 6 nitrogen and oxygen atoms in total. The largest absolute Gasteiger partial charge is 0.457 e. The second-order valence-electron chi connectivity index (χ2n) is 11.2. The van der Waals surface area contributed by atoms with E-state index in [0.29, 0.717) is 0 Å². The summed E-state index contributed by atoms with van der Waals surface area (Å²) in [6.07, 6.45) is 6.39. The third-order valence-corrected chi connectivity index (χ3v) is 7.95. The first kappa shape index (κ1) is 32.5. The molecule has 2 aromatic rings. The molecular formula is C35H52N4O2. The van der Waals surface area contributed by atoms with Crippen LogP contribution in [0, 0.1) is 6.92 Å². The van der Waals surface area contributed by atoms with Crippen LogP contribution in [0.15, 0.2) is 60.4 Å². The Balaban J connectivity index is 2.03. The number of benzene rings is 2. The van der Waals surface area contributed by atoms with Crippen molar-refractivity contribution in [3.05, 3.63) is 77.1 Å². The summed E-state index contributed by atoms with van der Waals surface area (Å²) in [5.41, 5.74) is 7.86. The number of fused-ring (bicyclic) bond motifs is 1. The van der Waals surface area contributed by atoms with E-state index in [2.05, 4.69) is 119 Å². The Morgan fingerprint density at radius 3 is 2.05 bits per heavy atom. The van der Waals surface area contributed by atoms with E-state index in [1.807, 2.05) is 18.0 Å². The highest BCUT2D eigenvalue weighted by molar-refractivity contribution is 5.81. The van der Waals surface area contributed by atoms with E-state index in [9.17, 15) is 5.11 Å². The first-order chi connectivity index (χ1) is 19.6. The van der Waals surface area contributed by atoms with E-state index in [0.717, 1.165) is 85.2 Å². The number of hydrogen-bond donors (Lipinski definition) is 1. The van der Waals surface area contributed by atoms with Crippen LogP contribution in [0.5, 0.6) is 5.75 Å². The normalized spacial score (nSPS) is 15.2. The molecule has 2 aromatic carbocycles. The summed E-state index contributed by atoms with van der Waals surface area (Å²) in [5.74, 6) is 1.64. The molecule has 0 saturated carbocycles. The molecule has 1 aliphatic heterocycles.